The monoisotopic (exact) mass is 140 g/mol. The standard InChI is InChI=1S/C2H3O4Si.3Li/c1-2-6-7(3,4)5;;;/h2H,1H2;;;/q-3;3*+1. The molecule has 0 heterocycles. The number of rotatable bonds is 2. The van der Waals surface area contributed by atoms with Crippen LogP contribution in [0.25, 0.3) is 0 Å². The van der Waals surface area contributed by atoms with Crippen LogP contribution >= 0.6 is 0 Å². The molecule has 0 aromatic rings. The van der Waals surface area contributed by atoms with Crippen LogP contribution in [0.15, 0.2) is 12.8 Å². The first kappa shape index (κ1) is 22.5. The maximum absolute atomic E-state index is 9.44. The molecule has 0 fully saturated rings. The van der Waals surface area contributed by atoms with Crippen LogP contribution in [0.4, 0.5) is 0 Å². The third-order valence-electron chi connectivity index (χ3n) is 0.228. The fraction of sp³-hybridized carbons (Fsp3) is 0. The van der Waals surface area contributed by atoms with Crippen LogP contribution in [-0.4, -0.2) is 9.05 Å². The zero-order valence-electron chi connectivity index (χ0n) is 6.42. The largest absolute Gasteiger partial charge is 1.00 e. The molecule has 0 unspecified atom stereocenters. The second-order valence-corrected chi connectivity index (χ2v) is 2.02. The molecule has 0 spiro atoms. The smallest absolute Gasteiger partial charge is 0.851 e. The van der Waals surface area contributed by atoms with Gasteiger partial charge in [0.25, 0.3) is 0 Å². The maximum Gasteiger partial charge on any atom is 1.00 e. The van der Waals surface area contributed by atoms with Crippen LogP contribution in [0.1, 0.15) is 0 Å². The van der Waals surface area contributed by atoms with E-state index >= 15 is 0 Å². The average Bonchev–Trinajstić information content (AvgIpc) is 1.30. The first-order chi connectivity index (χ1) is 3.06. The molecule has 0 bridgehead atoms. The van der Waals surface area contributed by atoms with Crippen molar-refractivity contribution in [2.24, 2.45) is 0 Å². The Morgan fingerprint density at radius 1 is 1.10 bits per heavy atom. The van der Waals surface area contributed by atoms with Crippen molar-refractivity contribution in [3.63, 3.8) is 0 Å². The molecule has 0 aromatic heterocycles. The van der Waals surface area contributed by atoms with E-state index in [4.69, 9.17) is 0 Å². The van der Waals surface area contributed by atoms with Crippen LogP contribution < -0.4 is 71.0 Å². The fourth-order valence-corrected chi connectivity index (χ4v) is 0.306. The predicted octanol–water partition coefficient (Wildman–Crippen LogP) is -12.3. The molecule has 0 aromatic carbocycles. The Labute approximate surface area is 96.7 Å². The number of hydrogen-bond acceptors (Lipinski definition) is 4. The molecule has 0 saturated heterocycles. The van der Waals surface area contributed by atoms with Crippen molar-refractivity contribution in [3.05, 3.63) is 12.8 Å². The van der Waals surface area contributed by atoms with Gasteiger partial charge in [-0.1, -0.05) is 6.58 Å². The van der Waals surface area contributed by atoms with Crippen molar-refractivity contribution in [1.82, 2.24) is 0 Å². The third-order valence-corrected chi connectivity index (χ3v) is 0.683. The van der Waals surface area contributed by atoms with E-state index in [0.29, 0.717) is 6.26 Å². The predicted molar refractivity (Wildman–Crippen MR) is 17.0 cm³/mol. The summed E-state index contributed by atoms with van der Waals surface area (Å²) in [5.41, 5.74) is 0. The molecule has 0 amide bonds. The van der Waals surface area contributed by atoms with E-state index in [1.807, 2.05) is 0 Å². The third kappa shape index (κ3) is 22.7. The molecule has 4 nitrogen and oxygen atoms in total. The molecule has 0 aliphatic rings. The average molecular weight is 140 g/mol. The Hall–Kier alpha value is 1.43. The topological polar surface area (TPSA) is 78.4 Å². The van der Waals surface area contributed by atoms with Crippen molar-refractivity contribution in [1.29, 1.82) is 0 Å². The first-order valence-corrected chi connectivity index (χ1v) is 3.09. The van der Waals surface area contributed by atoms with E-state index in [2.05, 4.69) is 11.0 Å². The van der Waals surface area contributed by atoms with Gasteiger partial charge in [-0.05, 0) is 9.05 Å². The molecule has 0 N–H and O–H groups in total. The van der Waals surface area contributed by atoms with Gasteiger partial charge in [-0.2, -0.15) is 0 Å². The summed E-state index contributed by atoms with van der Waals surface area (Å²) < 4.78 is 3.47. The van der Waals surface area contributed by atoms with Crippen molar-refractivity contribution in [2.75, 3.05) is 0 Å². The fourth-order valence-electron chi connectivity index (χ4n) is 0.102. The van der Waals surface area contributed by atoms with Gasteiger partial charge in [0.2, 0.25) is 0 Å². The van der Waals surface area contributed by atoms with Crippen LogP contribution in [0.2, 0.25) is 0 Å². The summed E-state index contributed by atoms with van der Waals surface area (Å²) in [7, 11) is -5.03. The van der Waals surface area contributed by atoms with Gasteiger partial charge < -0.3 is 18.8 Å². The zero-order valence-corrected chi connectivity index (χ0v) is 7.42. The minimum Gasteiger partial charge on any atom is -0.851 e. The minimum absolute atomic E-state index is 0. The molecule has 0 radical (unpaired) electrons. The van der Waals surface area contributed by atoms with Gasteiger partial charge in [0.05, 0.1) is 6.26 Å². The van der Waals surface area contributed by atoms with Crippen LogP contribution in [-0.2, 0) is 4.43 Å². The van der Waals surface area contributed by atoms with Crippen molar-refractivity contribution in [2.45, 2.75) is 0 Å². The van der Waals surface area contributed by atoms with Crippen LogP contribution in [0, 0.1) is 0 Å². The van der Waals surface area contributed by atoms with E-state index in [1.165, 1.54) is 0 Å². The molecule has 0 aliphatic carbocycles. The molecule has 0 saturated carbocycles. The first-order valence-electron chi connectivity index (χ1n) is 1.46. The molecule has 42 valence electrons. The quantitative estimate of drug-likeness (QED) is 0.282. The molecule has 8 heteroatoms. The van der Waals surface area contributed by atoms with Gasteiger partial charge in [0.1, 0.15) is 0 Å². The van der Waals surface area contributed by atoms with Crippen molar-refractivity contribution >= 4 is 9.05 Å². The van der Waals surface area contributed by atoms with Gasteiger partial charge in [-0.15, -0.1) is 0 Å². The SMILES string of the molecule is C=CO[Si]([O-])([O-])[O-].[Li+].[Li+].[Li+]. The molecule has 0 atom stereocenters. The van der Waals surface area contributed by atoms with Crippen LogP contribution in [0.3, 0.4) is 0 Å². The van der Waals surface area contributed by atoms with Gasteiger partial charge in [-0.3, -0.25) is 0 Å². The van der Waals surface area contributed by atoms with E-state index in [-0.39, 0.29) is 56.6 Å². The van der Waals surface area contributed by atoms with E-state index in [9.17, 15) is 14.4 Å². The van der Waals surface area contributed by atoms with E-state index < -0.39 is 9.05 Å². The summed E-state index contributed by atoms with van der Waals surface area (Å²) in [4.78, 5) is 28.3. The summed E-state index contributed by atoms with van der Waals surface area (Å²) >= 11 is 0. The number of hydrogen-bond donors (Lipinski definition) is 0. The Balaban J connectivity index is -0.0000000600. The Morgan fingerprint density at radius 2 is 1.40 bits per heavy atom. The Morgan fingerprint density at radius 3 is 1.40 bits per heavy atom. The Kier molecular flexibility index (Phi) is 23.5. The van der Waals surface area contributed by atoms with E-state index in [0.717, 1.165) is 0 Å². The summed E-state index contributed by atoms with van der Waals surface area (Å²) in [5, 5.41) is 0. The molecular weight excluding hydrogens is 137 g/mol. The van der Waals surface area contributed by atoms with Crippen molar-refractivity contribution in [3.8, 4) is 0 Å². The second-order valence-electron chi connectivity index (χ2n) is 0.785. The van der Waals surface area contributed by atoms with E-state index in [1.54, 1.807) is 0 Å². The summed E-state index contributed by atoms with van der Waals surface area (Å²) in [5.74, 6) is 0. The van der Waals surface area contributed by atoms with Gasteiger partial charge in [-0.25, -0.2) is 0 Å². The van der Waals surface area contributed by atoms with Gasteiger partial charge in [0.15, 0.2) is 0 Å². The zero-order chi connectivity index (χ0) is 5.91. The Bertz CT molecular complexity index is 73.4. The summed E-state index contributed by atoms with van der Waals surface area (Å²) in [6, 6.07) is 0. The molecular formula is C2H3Li3O4Si. The maximum atomic E-state index is 9.44. The molecule has 0 rings (SSSR count). The van der Waals surface area contributed by atoms with Gasteiger partial charge in [0, 0.05) is 0 Å². The minimum atomic E-state index is -5.03. The summed E-state index contributed by atoms with van der Waals surface area (Å²) in [6.07, 6.45) is 0.583. The molecule has 10 heavy (non-hydrogen) atoms. The normalized spacial score (nSPS) is 7.50. The summed E-state index contributed by atoms with van der Waals surface area (Å²) in [6.45, 7) is 2.86. The van der Waals surface area contributed by atoms with Gasteiger partial charge >= 0.3 is 56.6 Å². The second kappa shape index (κ2) is 10.4. The molecule has 0 aliphatic heterocycles. The van der Waals surface area contributed by atoms with Crippen LogP contribution in [0.5, 0.6) is 0 Å². The van der Waals surface area contributed by atoms with Crippen molar-refractivity contribution < 1.29 is 75.4 Å².